The first kappa shape index (κ1) is 10.1. The number of halogens is 1. The van der Waals surface area contributed by atoms with Crippen LogP contribution < -0.4 is 14.1 Å². The molecule has 1 aliphatic rings. The highest BCUT2D eigenvalue weighted by Crippen LogP contribution is 2.27. The molecule has 17 heavy (non-hydrogen) atoms. The van der Waals surface area contributed by atoms with Gasteiger partial charge in [0.25, 0.3) is 5.52 Å². The fraction of sp³-hybridized carbons (Fsp3) is 0.0909. The predicted molar refractivity (Wildman–Crippen MR) is 58.9 cm³/mol. The van der Waals surface area contributed by atoms with Gasteiger partial charge >= 0.3 is 6.83 Å². The van der Waals surface area contributed by atoms with E-state index in [9.17, 15) is 9.11 Å². The summed E-state index contributed by atoms with van der Waals surface area (Å²) in [5.74, 6) is 0.312. The molecular formula is C11H9BFNO3. The standard InChI is InChI=1S/C11H9BFNO3/c1-8(15)12(13)16-10-6-2-4-9-5-3-7-14(17-12)11(9)10/h2-7H,1H3. The minimum Gasteiger partial charge on any atom is -0.644 e. The third-order valence-corrected chi connectivity index (χ3v) is 2.76. The van der Waals surface area contributed by atoms with Crippen molar-refractivity contribution in [2.24, 2.45) is 0 Å². The summed E-state index contributed by atoms with van der Waals surface area (Å²) >= 11 is 0. The second-order valence-electron chi connectivity index (χ2n) is 3.98. The number of carbonyl (C=O) groups is 1. The highest BCUT2D eigenvalue weighted by molar-refractivity contribution is 6.92. The Morgan fingerprint density at radius 1 is 1.35 bits per heavy atom. The maximum absolute atomic E-state index is 14.1. The molecule has 0 saturated carbocycles. The van der Waals surface area contributed by atoms with E-state index in [0.717, 1.165) is 12.3 Å². The van der Waals surface area contributed by atoms with Crippen molar-refractivity contribution in [1.82, 2.24) is 0 Å². The van der Waals surface area contributed by atoms with Gasteiger partial charge in [0.15, 0.2) is 5.75 Å². The van der Waals surface area contributed by atoms with Crippen molar-refractivity contribution >= 4 is 23.4 Å². The van der Waals surface area contributed by atoms with E-state index in [-0.39, 0.29) is 0 Å². The van der Waals surface area contributed by atoms with Gasteiger partial charge in [0.1, 0.15) is 0 Å². The van der Waals surface area contributed by atoms with Crippen LogP contribution in [0.3, 0.4) is 0 Å². The van der Waals surface area contributed by atoms with E-state index in [0.29, 0.717) is 11.3 Å². The lowest BCUT2D eigenvalue weighted by molar-refractivity contribution is -0.848. The number of hydrogen-bond donors (Lipinski definition) is 0. The quantitative estimate of drug-likeness (QED) is 0.544. The largest absolute Gasteiger partial charge is 0.645 e. The zero-order valence-electron chi connectivity index (χ0n) is 9.09. The molecule has 0 saturated heterocycles. The number of carbonyl (C=O) groups excluding carboxylic acids is 1. The molecule has 0 amide bonds. The normalized spacial score (nSPS) is 21.8. The van der Waals surface area contributed by atoms with Crippen LogP contribution in [0.25, 0.3) is 10.9 Å². The van der Waals surface area contributed by atoms with E-state index in [1.54, 1.807) is 24.4 Å². The van der Waals surface area contributed by atoms with Gasteiger partial charge in [-0.05, 0) is 29.9 Å². The molecule has 1 aromatic heterocycles. The Balaban J connectivity index is 2.27. The molecule has 86 valence electrons. The van der Waals surface area contributed by atoms with Crippen LogP contribution in [0.1, 0.15) is 6.92 Å². The fourth-order valence-electron chi connectivity index (χ4n) is 1.88. The topological polar surface area (TPSA) is 39.4 Å². The lowest BCUT2D eigenvalue weighted by atomic mass is 9.77. The van der Waals surface area contributed by atoms with Crippen LogP contribution in [0.4, 0.5) is 4.32 Å². The van der Waals surface area contributed by atoms with E-state index < -0.39 is 12.5 Å². The van der Waals surface area contributed by atoms with Gasteiger partial charge in [-0.15, -0.1) is 0 Å². The minimum absolute atomic E-state index is 0.312. The van der Waals surface area contributed by atoms with Crippen LogP contribution in [-0.4, -0.2) is 12.5 Å². The molecule has 1 aromatic carbocycles. The van der Waals surface area contributed by atoms with Crippen molar-refractivity contribution in [3.05, 3.63) is 36.5 Å². The molecule has 3 rings (SSSR count). The van der Waals surface area contributed by atoms with Crippen molar-refractivity contribution in [1.29, 1.82) is 0 Å². The first-order valence-corrected chi connectivity index (χ1v) is 5.25. The number of benzene rings is 1. The van der Waals surface area contributed by atoms with Crippen molar-refractivity contribution in [3.63, 3.8) is 0 Å². The fourth-order valence-corrected chi connectivity index (χ4v) is 1.88. The Morgan fingerprint density at radius 3 is 2.88 bits per heavy atom. The van der Waals surface area contributed by atoms with Crippen LogP contribution in [0.2, 0.25) is 0 Å². The Bertz CT molecular complexity index is 590. The maximum atomic E-state index is 14.1. The number of para-hydroxylation sites is 1. The van der Waals surface area contributed by atoms with Gasteiger partial charge in [-0.1, -0.05) is 6.07 Å². The summed E-state index contributed by atoms with van der Waals surface area (Å²) in [6.45, 7) is -2.35. The molecular weight excluding hydrogens is 224 g/mol. The van der Waals surface area contributed by atoms with Crippen LogP contribution in [0.5, 0.6) is 5.75 Å². The second kappa shape index (κ2) is 3.19. The maximum Gasteiger partial charge on any atom is 0.645 e. The van der Waals surface area contributed by atoms with Gasteiger partial charge in [0, 0.05) is 6.07 Å². The Morgan fingerprint density at radius 2 is 2.12 bits per heavy atom. The number of hydrogen-bond acceptors (Lipinski definition) is 3. The van der Waals surface area contributed by atoms with Crippen molar-refractivity contribution < 1.29 is 23.3 Å². The van der Waals surface area contributed by atoms with Crippen LogP contribution in [0.15, 0.2) is 36.5 Å². The van der Waals surface area contributed by atoms with E-state index in [1.807, 2.05) is 12.1 Å². The van der Waals surface area contributed by atoms with Crippen LogP contribution >= 0.6 is 0 Å². The summed E-state index contributed by atoms with van der Waals surface area (Å²) in [5, 5.41) is 0.853. The average Bonchev–Trinajstić information content (AvgIpc) is 2.29. The summed E-state index contributed by atoms with van der Waals surface area (Å²) in [7, 11) is 0. The smallest absolute Gasteiger partial charge is 0.644 e. The zero-order valence-corrected chi connectivity index (χ0v) is 9.09. The molecule has 1 unspecified atom stereocenters. The average molecular weight is 233 g/mol. The highest BCUT2D eigenvalue weighted by Gasteiger charge is 2.47. The van der Waals surface area contributed by atoms with Crippen molar-refractivity contribution in [3.8, 4) is 5.75 Å². The molecule has 0 spiro atoms. The lowest BCUT2D eigenvalue weighted by Gasteiger charge is -2.31. The number of rotatable bonds is 1. The van der Waals surface area contributed by atoms with Crippen LogP contribution in [0, 0.1) is 0 Å². The van der Waals surface area contributed by atoms with E-state index in [4.69, 9.17) is 9.41 Å². The van der Waals surface area contributed by atoms with E-state index >= 15 is 0 Å². The third kappa shape index (κ3) is 1.37. The summed E-state index contributed by atoms with van der Waals surface area (Å²) in [4.78, 5) is 11.2. The molecule has 0 radical (unpaired) electrons. The van der Waals surface area contributed by atoms with Crippen molar-refractivity contribution in [2.75, 3.05) is 0 Å². The first-order chi connectivity index (χ1) is 8.10. The number of aromatic nitrogens is 1. The summed E-state index contributed by atoms with van der Waals surface area (Å²) in [6, 6.07) is 8.78. The molecule has 0 bridgehead atoms. The Hall–Kier alpha value is -2.11. The third-order valence-electron chi connectivity index (χ3n) is 2.76. The molecule has 0 N–H and O–H groups in total. The Labute approximate surface area is 96.6 Å². The predicted octanol–water partition coefficient (Wildman–Crippen LogP) is 0.985. The molecule has 2 heterocycles. The SMILES string of the molecule is CC(=O)[B-]1(F)Oc2cccc3ccc[n+](c23)O1. The molecule has 4 nitrogen and oxygen atoms in total. The molecule has 0 aliphatic carbocycles. The molecule has 1 aliphatic heterocycles. The van der Waals surface area contributed by atoms with Gasteiger partial charge < -0.3 is 18.5 Å². The highest BCUT2D eigenvalue weighted by atomic mass is 19.1. The van der Waals surface area contributed by atoms with Crippen molar-refractivity contribution in [2.45, 2.75) is 6.92 Å². The number of pyridine rings is 1. The van der Waals surface area contributed by atoms with E-state index in [1.165, 1.54) is 4.73 Å². The van der Waals surface area contributed by atoms with E-state index in [2.05, 4.69) is 0 Å². The minimum atomic E-state index is -3.46. The second-order valence-corrected chi connectivity index (χ2v) is 3.98. The van der Waals surface area contributed by atoms with Gasteiger partial charge in [0.2, 0.25) is 6.20 Å². The molecule has 1 atom stereocenters. The van der Waals surface area contributed by atoms with Crippen LogP contribution in [-0.2, 0) is 4.79 Å². The molecule has 2 aromatic rings. The summed E-state index contributed by atoms with van der Waals surface area (Å²) in [5.41, 5.74) is -0.157. The lowest BCUT2D eigenvalue weighted by Crippen LogP contribution is -2.66. The Kier molecular flexibility index (Phi) is 1.89. The van der Waals surface area contributed by atoms with Gasteiger partial charge in [-0.25, -0.2) is 0 Å². The van der Waals surface area contributed by atoms with Gasteiger partial charge in [0.05, 0.1) is 11.1 Å². The monoisotopic (exact) mass is 233 g/mol. The van der Waals surface area contributed by atoms with Gasteiger partial charge in [-0.2, -0.15) is 0 Å². The zero-order chi connectivity index (χ0) is 12.0. The molecule has 0 fully saturated rings. The first-order valence-electron chi connectivity index (χ1n) is 5.25. The molecule has 6 heteroatoms. The summed E-state index contributed by atoms with van der Waals surface area (Å²) < 4.78 is 25.4. The summed E-state index contributed by atoms with van der Waals surface area (Å²) in [6.07, 6.45) is 1.55. The van der Waals surface area contributed by atoms with Gasteiger partial charge in [-0.3, -0.25) is 0 Å². The number of nitrogens with zero attached hydrogens (tertiary/aromatic N) is 1.